The Morgan fingerprint density at radius 1 is 1.43 bits per heavy atom. The molecular weight excluding hydrogens is 178 g/mol. The van der Waals surface area contributed by atoms with Crippen LogP contribution >= 0.6 is 0 Å². The molecule has 1 aromatic heterocycles. The van der Waals surface area contributed by atoms with E-state index in [1.165, 1.54) is 0 Å². The van der Waals surface area contributed by atoms with Gasteiger partial charge in [-0.2, -0.15) is 0 Å². The number of aliphatic hydroxyl groups is 1. The Morgan fingerprint density at radius 3 is 2.79 bits per heavy atom. The molecule has 0 spiro atoms. The molecule has 1 atom stereocenters. The summed E-state index contributed by atoms with van der Waals surface area (Å²) in [6, 6.07) is 0.317. The summed E-state index contributed by atoms with van der Waals surface area (Å²) in [5.41, 5.74) is 0.906. The molecule has 14 heavy (non-hydrogen) atoms. The normalized spacial score (nSPS) is 12.5. The van der Waals surface area contributed by atoms with E-state index in [0.717, 1.165) is 24.4 Å². The lowest BCUT2D eigenvalue weighted by molar-refractivity contribution is 0.282. The number of hydrogen-bond donors (Lipinski definition) is 2. The van der Waals surface area contributed by atoms with Gasteiger partial charge in [-0.1, -0.05) is 0 Å². The van der Waals surface area contributed by atoms with Crippen molar-refractivity contribution >= 4 is 5.82 Å². The van der Waals surface area contributed by atoms with E-state index in [4.69, 9.17) is 5.11 Å². The minimum Gasteiger partial charge on any atom is -0.396 e. The Labute approximate surface area is 84.4 Å². The lowest BCUT2D eigenvalue weighted by Crippen LogP contribution is -2.17. The summed E-state index contributed by atoms with van der Waals surface area (Å²) in [5, 5.41) is 11.9. The third-order valence-corrected chi connectivity index (χ3v) is 2.06. The topological polar surface area (TPSA) is 58.0 Å². The van der Waals surface area contributed by atoms with E-state index in [-0.39, 0.29) is 6.61 Å². The van der Waals surface area contributed by atoms with Gasteiger partial charge in [0.25, 0.3) is 0 Å². The smallest absolute Gasteiger partial charge is 0.147 e. The monoisotopic (exact) mass is 195 g/mol. The maximum atomic E-state index is 8.68. The van der Waals surface area contributed by atoms with Gasteiger partial charge < -0.3 is 10.4 Å². The molecule has 1 rings (SSSR count). The number of aromatic nitrogens is 2. The third-order valence-electron chi connectivity index (χ3n) is 2.06. The summed E-state index contributed by atoms with van der Waals surface area (Å²) in [6.45, 7) is 4.24. The van der Waals surface area contributed by atoms with E-state index in [0.29, 0.717) is 6.04 Å². The van der Waals surface area contributed by atoms with Gasteiger partial charge in [0.05, 0.1) is 5.69 Å². The second kappa shape index (κ2) is 5.54. The summed E-state index contributed by atoms with van der Waals surface area (Å²) in [7, 11) is 0. The first-order chi connectivity index (χ1) is 6.74. The molecule has 0 bridgehead atoms. The molecule has 0 saturated heterocycles. The number of aliphatic hydroxyl groups excluding tert-OH is 1. The molecule has 0 aliphatic rings. The minimum absolute atomic E-state index is 0.242. The Kier molecular flexibility index (Phi) is 4.32. The zero-order chi connectivity index (χ0) is 10.4. The molecule has 0 amide bonds. The van der Waals surface area contributed by atoms with Crippen LogP contribution < -0.4 is 5.32 Å². The zero-order valence-corrected chi connectivity index (χ0v) is 8.70. The molecule has 4 heteroatoms. The van der Waals surface area contributed by atoms with Crippen LogP contribution in [0.3, 0.4) is 0 Å². The van der Waals surface area contributed by atoms with Crippen LogP contribution in [0, 0.1) is 6.92 Å². The predicted octanol–water partition coefficient (Wildman–Crippen LogP) is 1.36. The lowest BCUT2D eigenvalue weighted by atomic mass is 10.2. The second-order valence-electron chi connectivity index (χ2n) is 3.40. The molecular formula is C10H17N3O. The molecule has 1 unspecified atom stereocenters. The van der Waals surface area contributed by atoms with Crippen LogP contribution in [0.5, 0.6) is 0 Å². The van der Waals surface area contributed by atoms with Crippen molar-refractivity contribution < 1.29 is 5.11 Å². The average molecular weight is 195 g/mol. The number of nitrogens with one attached hydrogen (secondary N) is 1. The molecule has 2 N–H and O–H groups in total. The van der Waals surface area contributed by atoms with E-state index in [1.807, 2.05) is 6.92 Å². The Balaban J connectivity index is 2.47. The van der Waals surface area contributed by atoms with Gasteiger partial charge >= 0.3 is 0 Å². The van der Waals surface area contributed by atoms with Crippen molar-refractivity contribution in [3.05, 3.63) is 18.1 Å². The van der Waals surface area contributed by atoms with Gasteiger partial charge in [0.1, 0.15) is 5.82 Å². The van der Waals surface area contributed by atoms with Gasteiger partial charge in [0.2, 0.25) is 0 Å². The van der Waals surface area contributed by atoms with E-state index in [1.54, 1.807) is 12.4 Å². The van der Waals surface area contributed by atoms with E-state index >= 15 is 0 Å². The van der Waals surface area contributed by atoms with Crippen molar-refractivity contribution in [1.29, 1.82) is 0 Å². The van der Waals surface area contributed by atoms with Crippen molar-refractivity contribution in [2.24, 2.45) is 0 Å². The van der Waals surface area contributed by atoms with Crippen molar-refractivity contribution in [2.75, 3.05) is 11.9 Å². The first kappa shape index (κ1) is 10.9. The van der Waals surface area contributed by atoms with Crippen molar-refractivity contribution in [3.8, 4) is 0 Å². The standard InChI is InChI=1S/C10H17N3O/c1-8(4-3-7-14)13-10-9(2)11-5-6-12-10/h5-6,8,14H,3-4,7H2,1-2H3,(H,12,13). The maximum Gasteiger partial charge on any atom is 0.147 e. The maximum absolute atomic E-state index is 8.68. The molecule has 0 radical (unpaired) electrons. The van der Waals surface area contributed by atoms with Crippen LogP contribution in [0.1, 0.15) is 25.5 Å². The summed E-state index contributed by atoms with van der Waals surface area (Å²) >= 11 is 0. The van der Waals surface area contributed by atoms with E-state index in [9.17, 15) is 0 Å². The van der Waals surface area contributed by atoms with Crippen molar-refractivity contribution in [1.82, 2.24) is 9.97 Å². The first-order valence-corrected chi connectivity index (χ1v) is 4.89. The van der Waals surface area contributed by atoms with Crippen LogP contribution in [0.4, 0.5) is 5.82 Å². The molecule has 1 heterocycles. The zero-order valence-electron chi connectivity index (χ0n) is 8.70. The fourth-order valence-electron chi connectivity index (χ4n) is 1.25. The lowest BCUT2D eigenvalue weighted by Gasteiger charge is -2.14. The predicted molar refractivity (Wildman–Crippen MR) is 56.2 cm³/mol. The minimum atomic E-state index is 0.242. The highest BCUT2D eigenvalue weighted by Crippen LogP contribution is 2.09. The second-order valence-corrected chi connectivity index (χ2v) is 3.40. The van der Waals surface area contributed by atoms with Crippen LogP contribution in [-0.4, -0.2) is 27.7 Å². The molecule has 0 saturated carbocycles. The SMILES string of the molecule is Cc1nccnc1NC(C)CCCO. The van der Waals surface area contributed by atoms with Crippen LogP contribution in [0.15, 0.2) is 12.4 Å². The number of aryl methyl sites for hydroxylation is 1. The van der Waals surface area contributed by atoms with Gasteiger partial charge in [-0.05, 0) is 26.7 Å². The summed E-state index contributed by atoms with van der Waals surface area (Å²) in [5.74, 6) is 0.831. The molecule has 78 valence electrons. The highest BCUT2D eigenvalue weighted by Gasteiger charge is 2.04. The Bertz CT molecular complexity index is 278. The number of hydrogen-bond acceptors (Lipinski definition) is 4. The summed E-state index contributed by atoms with van der Waals surface area (Å²) in [4.78, 5) is 8.33. The van der Waals surface area contributed by atoms with Gasteiger partial charge in [-0.3, -0.25) is 4.98 Å². The fraction of sp³-hybridized carbons (Fsp3) is 0.600. The van der Waals surface area contributed by atoms with Gasteiger partial charge in [-0.25, -0.2) is 4.98 Å². The number of rotatable bonds is 5. The van der Waals surface area contributed by atoms with Gasteiger partial charge in [0, 0.05) is 25.0 Å². The molecule has 0 aromatic carbocycles. The molecule has 4 nitrogen and oxygen atoms in total. The largest absolute Gasteiger partial charge is 0.396 e. The van der Waals surface area contributed by atoms with E-state index in [2.05, 4.69) is 22.2 Å². The van der Waals surface area contributed by atoms with Crippen LogP contribution in [-0.2, 0) is 0 Å². The summed E-state index contributed by atoms with van der Waals surface area (Å²) in [6.07, 6.45) is 5.10. The number of nitrogens with zero attached hydrogens (tertiary/aromatic N) is 2. The Hall–Kier alpha value is -1.16. The van der Waals surface area contributed by atoms with Crippen LogP contribution in [0.2, 0.25) is 0 Å². The average Bonchev–Trinajstić information content (AvgIpc) is 2.18. The molecule has 0 aliphatic heterocycles. The summed E-state index contributed by atoms with van der Waals surface area (Å²) < 4.78 is 0. The van der Waals surface area contributed by atoms with Crippen LogP contribution in [0.25, 0.3) is 0 Å². The van der Waals surface area contributed by atoms with Gasteiger partial charge in [-0.15, -0.1) is 0 Å². The highest BCUT2D eigenvalue weighted by molar-refractivity contribution is 5.38. The van der Waals surface area contributed by atoms with E-state index < -0.39 is 0 Å². The molecule has 0 fully saturated rings. The highest BCUT2D eigenvalue weighted by atomic mass is 16.2. The molecule has 1 aromatic rings. The third kappa shape index (κ3) is 3.30. The fourth-order valence-corrected chi connectivity index (χ4v) is 1.25. The van der Waals surface area contributed by atoms with Crippen molar-refractivity contribution in [3.63, 3.8) is 0 Å². The molecule has 0 aliphatic carbocycles. The Morgan fingerprint density at radius 2 is 2.14 bits per heavy atom. The van der Waals surface area contributed by atoms with Gasteiger partial charge in [0.15, 0.2) is 0 Å². The van der Waals surface area contributed by atoms with Crippen molar-refractivity contribution in [2.45, 2.75) is 32.7 Å². The number of anilines is 1. The first-order valence-electron chi connectivity index (χ1n) is 4.89. The quantitative estimate of drug-likeness (QED) is 0.744.